The first-order valence-electron chi connectivity index (χ1n) is 6.19. The molecule has 3 rings (SSSR count). The van der Waals surface area contributed by atoms with Gasteiger partial charge >= 0.3 is 0 Å². The van der Waals surface area contributed by atoms with Crippen molar-refractivity contribution in [2.75, 3.05) is 20.8 Å². The first kappa shape index (κ1) is 12.0. The zero-order chi connectivity index (χ0) is 13.2. The number of ether oxygens (including phenoxy) is 2. The molecule has 0 radical (unpaired) electrons. The third kappa shape index (κ3) is 1.94. The lowest BCUT2D eigenvalue weighted by molar-refractivity contribution is 0.355. The summed E-state index contributed by atoms with van der Waals surface area (Å²) in [7, 11) is 3.27. The maximum atomic E-state index is 5.46. The van der Waals surface area contributed by atoms with E-state index in [0.29, 0.717) is 11.5 Å². The standard InChI is InChI=1S/C13H16N4O2/c1-18-10-5-3-4-9(12(10)19-2)13-16-15-11-8-14-6-7-17(11)13/h3-5,14H,6-8H2,1-2H3. The number of hydrogen-bond acceptors (Lipinski definition) is 5. The van der Waals surface area contributed by atoms with E-state index >= 15 is 0 Å². The Hall–Kier alpha value is -2.08. The smallest absolute Gasteiger partial charge is 0.171 e. The molecule has 0 aliphatic carbocycles. The van der Waals surface area contributed by atoms with E-state index < -0.39 is 0 Å². The average molecular weight is 260 g/mol. The van der Waals surface area contributed by atoms with Crippen LogP contribution in [0, 0.1) is 0 Å². The van der Waals surface area contributed by atoms with Crippen LogP contribution in [0.4, 0.5) is 0 Å². The fraction of sp³-hybridized carbons (Fsp3) is 0.385. The van der Waals surface area contributed by atoms with E-state index in [4.69, 9.17) is 9.47 Å². The minimum atomic E-state index is 0.693. The average Bonchev–Trinajstić information content (AvgIpc) is 2.90. The van der Waals surface area contributed by atoms with Crippen molar-refractivity contribution in [3.05, 3.63) is 24.0 Å². The van der Waals surface area contributed by atoms with Gasteiger partial charge in [0.15, 0.2) is 17.3 Å². The second-order valence-electron chi connectivity index (χ2n) is 4.31. The van der Waals surface area contributed by atoms with E-state index in [0.717, 1.165) is 36.8 Å². The van der Waals surface area contributed by atoms with Crippen molar-refractivity contribution < 1.29 is 9.47 Å². The highest BCUT2D eigenvalue weighted by molar-refractivity contribution is 5.69. The van der Waals surface area contributed by atoms with Gasteiger partial charge in [-0.3, -0.25) is 0 Å². The second kappa shape index (κ2) is 4.89. The summed E-state index contributed by atoms with van der Waals surface area (Å²) in [6, 6.07) is 5.78. The van der Waals surface area contributed by atoms with Gasteiger partial charge in [-0.2, -0.15) is 0 Å². The summed E-state index contributed by atoms with van der Waals surface area (Å²) in [5, 5.41) is 11.8. The van der Waals surface area contributed by atoms with Crippen LogP contribution in [-0.2, 0) is 13.1 Å². The molecule has 6 nitrogen and oxygen atoms in total. The van der Waals surface area contributed by atoms with Crippen LogP contribution in [0.3, 0.4) is 0 Å². The molecule has 6 heteroatoms. The van der Waals surface area contributed by atoms with Crippen molar-refractivity contribution in [3.8, 4) is 22.9 Å². The number of benzene rings is 1. The van der Waals surface area contributed by atoms with Crippen molar-refractivity contribution in [2.45, 2.75) is 13.1 Å². The Bertz CT molecular complexity index is 594. The maximum Gasteiger partial charge on any atom is 0.171 e. The van der Waals surface area contributed by atoms with Crippen LogP contribution >= 0.6 is 0 Å². The van der Waals surface area contributed by atoms with Crippen LogP contribution < -0.4 is 14.8 Å². The van der Waals surface area contributed by atoms with Gasteiger partial charge < -0.3 is 19.4 Å². The molecule has 1 aliphatic rings. The number of nitrogens with one attached hydrogen (secondary N) is 1. The Labute approximate surface area is 111 Å². The van der Waals surface area contributed by atoms with Gasteiger partial charge in [0.05, 0.1) is 26.3 Å². The van der Waals surface area contributed by atoms with Gasteiger partial charge in [0.2, 0.25) is 0 Å². The minimum Gasteiger partial charge on any atom is -0.493 e. The number of aromatic nitrogens is 3. The van der Waals surface area contributed by atoms with Crippen molar-refractivity contribution in [1.29, 1.82) is 0 Å². The van der Waals surface area contributed by atoms with Crippen LogP contribution in [0.1, 0.15) is 5.82 Å². The lowest BCUT2D eigenvalue weighted by atomic mass is 10.1. The molecule has 0 bridgehead atoms. The summed E-state index contributed by atoms with van der Waals surface area (Å²) < 4.78 is 12.9. The van der Waals surface area contributed by atoms with Gasteiger partial charge in [0.25, 0.3) is 0 Å². The summed E-state index contributed by atoms with van der Waals surface area (Å²) in [4.78, 5) is 0. The van der Waals surface area contributed by atoms with Crippen molar-refractivity contribution >= 4 is 0 Å². The molecule has 2 aromatic rings. The molecule has 1 aromatic heterocycles. The van der Waals surface area contributed by atoms with Crippen LogP contribution in [0.25, 0.3) is 11.4 Å². The molecule has 19 heavy (non-hydrogen) atoms. The van der Waals surface area contributed by atoms with Crippen molar-refractivity contribution in [2.24, 2.45) is 0 Å². The van der Waals surface area contributed by atoms with Crippen LogP contribution in [0.15, 0.2) is 18.2 Å². The monoisotopic (exact) mass is 260 g/mol. The molecule has 0 unspecified atom stereocenters. The first-order chi connectivity index (χ1) is 9.35. The molecule has 0 spiro atoms. The van der Waals surface area contributed by atoms with E-state index in [1.54, 1.807) is 14.2 Å². The largest absolute Gasteiger partial charge is 0.493 e. The highest BCUT2D eigenvalue weighted by Gasteiger charge is 2.20. The predicted molar refractivity (Wildman–Crippen MR) is 70.3 cm³/mol. The molecule has 0 saturated heterocycles. The highest BCUT2D eigenvalue weighted by Crippen LogP contribution is 2.37. The highest BCUT2D eigenvalue weighted by atomic mass is 16.5. The van der Waals surface area contributed by atoms with E-state index in [2.05, 4.69) is 20.1 Å². The summed E-state index contributed by atoms with van der Waals surface area (Å²) in [6.45, 7) is 2.53. The van der Waals surface area contributed by atoms with Crippen LogP contribution in [0.5, 0.6) is 11.5 Å². The third-order valence-electron chi connectivity index (χ3n) is 3.27. The lowest BCUT2D eigenvalue weighted by Crippen LogP contribution is -2.28. The molecule has 1 aliphatic heterocycles. The maximum absolute atomic E-state index is 5.46. The van der Waals surface area contributed by atoms with Crippen LogP contribution in [0.2, 0.25) is 0 Å². The van der Waals surface area contributed by atoms with E-state index in [1.165, 1.54) is 0 Å². The van der Waals surface area contributed by atoms with Gasteiger partial charge in [-0.1, -0.05) is 6.07 Å². The Morgan fingerprint density at radius 3 is 2.89 bits per heavy atom. The normalized spacial score (nSPS) is 14.0. The lowest BCUT2D eigenvalue weighted by Gasteiger charge is -2.17. The Morgan fingerprint density at radius 1 is 1.21 bits per heavy atom. The van der Waals surface area contributed by atoms with E-state index in [9.17, 15) is 0 Å². The predicted octanol–water partition coefficient (Wildman–Crippen LogP) is 1.07. The summed E-state index contributed by atoms with van der Waals surface area (Å²) in [6.07, 6.45) is 0. The number of methoxy groups -OCH3 is 2. The summed E-state index contributed by atoms with van der Waals surface area (Å²) >= 11 is 0. The minimum absolute atomic E-state index is 0.693. The Kier molecular flexibility index (Phi) is 3.08. The molecule has 0 amide bonds. The van der Waals surface area contributed by atoms with Crippen molar-refractivity contribution in [1.82, 2.24) is 20.1 Å². The third-order valence-corrected chi connectivity index (χ3v) is 3.27. The van der Waals surface area contributed by atoms with E-state index in [1.807, 2.05) is 18.2 Å². The molecular formula is C13H16N4O2. The van der Waals surface area contributed by atoms with Gasteiger partial charge in [-0.25, -0.2) is 0 Å². The SMILES string of the molecule is COc1cccc(-c2nnc3n2CCNC3)c1OC. The fourth-order valence-electron chi connectivity index (χ4n) is 2.35. The van der Waals surface area contributed by atoms with Crippen molar-refractivity contribution in [3.63, 3.8) is 0 Å². The second-order valence-corrected chi connectivity index (χ2v) is 4.31. The molecule has 0 atom stereocenters. The molecule has 1 aromatic carbocycles. The number of fused-ring (bicyclic) bond motifs is 1. The molecule has 0 saturated carbocycles. The van der Waals surface area contributed by atoms with Gasteiger partial charge in [0.1, 0.15) is 5.82 Å². The zero-order valence-electron chi connectivity index (χ0n) is 11.0. The van der Waals surface area contributed by atoms with Gasteiger partial charge in [0, 0.05) is 13.1 Å². The summed E-state index contributed by atoms with van der Waals surface area (Å²) in [5.74, 6) is 3.17. The fourth-order valence-corrected chi connectivity index (χ4v) is 2.35. The number of rotatable bonds is 3. The first-order valence-corrected chi connectivity index (χ1v) is 6.19. The quantitative estimate of drug-likeness (QED) is 0.894. The Balaban J connectivity index is 2.14. The number of hydrogen-bond donors (Lipinski definition) is 1. The van der Waals surface area contributed by atoms with Crippen LogP contribution in [-0.4, -0.2) is 35.5 Å². The Morgan fingerprint density at radius 2 is 2.11 bits per heavy atom. The molecule has 2 heterocycles. The number of nitrogens with zero attached hydrogens (tertiary/aromatic N) is 3. The molecular weight excluding hydrogens is 244 g/mol. The zero-order valence-corrected chi connectivity index (χ0v) is 11.0. The molecule has 1 N–H and O–H groups in total. The summed E-state index contributed by atoms with van der Waals surface area (Å²) in [5.41, 5.74) is 0.905. The van der Waals surface area contributed by atoms with Gasteiger partial charge in [-0.15, -0.1) is 10.2 Å². The topological polar surface area (TPSA) is 61.2 Å². The van der Waals surface area contributed by atoms with E-state index in [-0.39, 0.29) is 0 Å². The van der Waals surface area contributed by atoms with Gasteiger partial charge in [-0.05, 0) is 12.1 Å². The number of para-hydroxylation sites is 1. The molecule has 0 fully saturated rings. The molecule has 100 valence electrons.